The molecule has 0 aliphatic heterocycles. The van der Waals surface area contributed by atoms with Crippen molar-refractivity contribution in [3.05, 3.63) is 24.8 Å². The van der Waals surface area contributed by atoms with Gasteiger partial charge in [0.1, 0.15) is 5.78 Å². The van der Waals surface area contributed by atoms with E-state index in [1.165, 1.54) is 0 Å². The van der Waals surface area contributed by atoms with Crippen molar-refractivity contribution < 1.29 is 4.79 Å². The standard InChI is InChI=1S/C14H24N2O/c1-5-10(3)14(16-15-4)12-9-7-8-11(12)13(17)6-2/h5,7-8,10-12,14-16H,1,6,9H2,2-4H3/t10?,11-,12?,14?/m1/s1. The molecule has 0 heterocycles. The predicted molar refractivity (Wildman–Crippen MR) is 71.4 cm³/mol. The first-order valence-corrected chi connectivity index (χ1v) is 6.39. The number of carbonyl (C=O) groups excluding carboxylic acids is 1. The fraction of sp³-hybridized carbons (Fsp3) is 0.643. The number of ketones is 1. The lowest BCUT2D eigenvalue weighted by molar-refractivity contribution is -0.122. The third kappa shape index (κ3) is 3.27. The molecule has 0 aromatic rings. The number of carbonyl (C=O) groups is 1. The molecule has 0 saturated heterocycles. The Balaban J connectivity index is 2.79. The SMILES string of the molecule is C=CC(C)C(NNC)C1CC=C[C@H]1C(=O)CC. The average Bonchev–Trinajstić information content (AvgIpc) is 2.82. The van der Waals surface area contributed by atoms with E-state index in [0.717, 1.165) is 6.42 Å². The highest BCUT2D eigenvalue weighted by atomic mass is 16.1. The van der Waals surface area contributed by atoms with Crippen LogP contribution in [0.4, 0.5) is 0 Å². The van der Waals surface area contributed by atoms with Gasteiger partial charge in [0.15, 0.2) is 0 Å². The molecule has 1 aliphatic rings. The van der Waals surface area contributed by atoms with Crippen LogP contribution in [0.1, 0.15) is 26.7 Å². The molecule has 0 saturated carbocycles. The Morgan fingerprint density at radius 1 is 1.65 bits per heavy atom. The van der Waals surface area contributed by atoms with E-state index in [1.54, 1.807) is 0 Å². The van der Waals surface area contributed by atoms with Crippen LogP contribution in [-0.4, -0.2) is 18.9 Å². The quantitative estimate of drug-likeness (QED) is 0.525. The summed E-state index contributed by atoms with van der Waals surface area (Å²) in [6.45, 7) is 7.92. The fourth-order valence-corrected chi connectivity index (χ4v) is 2.57. The second-order valence-corrected chi connectivity index (χ2v) is 4.69. The van der Waals surface area contributed by atoms with Gasteiger partial charge in [0.25, 0.3) is 0 Å². The monoisotopic (exact) mass is 236 g/mol. The number of allylic oxidation sites excluding steroid dienone is 2. The first-order valence-electron chi connectivity index (χ1n) is 6.39. The van der Waals surface area contributed by atoms with Gasteiger partial charge < -0.3 is 0 Å². The van der Waals surface area contributed by atoms with Crippen LogP contribution in [0.25, 0.3) is 0 Å². The largest absolute Gasteiger partial charge is 0.299 e. The Bertz CT molecular complexity index is 299. The van der Waals surface area contributed by atoms with Gasteiger partial charge in [-0.3, -0.25) is 15.6 Å². The second-order valence-electron chi connectivity index (χ2n) is 4.69. The first-order chi connectivity index (χ1) is 8.15. The molecule has 1 rings (SSSR count). The molecule has 3 nitrogen and oxygen atoms in total. The lowest BCUT2D eigenvalue weighted by atomic mass is 9.80. The molecule has 96 valence electrons. The number of Topliss-reactive ketones (excluding diaryl/α,β-unsaturated/α-hetero) is 1. The van der Waals surface area contributed by atoms with Crippen molar-refractivity contribution in [3.63, 3.8) is 0 Å². The predicted octanol–water partition coefficient (Wildman–Crippen LogP) is 2.07. The highest BCUT2D eigenvalue weighted by Crippen LogP contribution is 2.32. The van der Waals surface area contributed by atoms with E-state index in [2.05, 4.69) is 36.5 Å². The van der Waals surface area contributed by atoms with Gasteiger partial charge in [0.2, 0.25) is 0 Å². The fourth-order valence-electron chi connectivity index (χ4n) is 2.57. The van der Waals surface area contributed by atoms with Crippen LogP contribution in [0.2, 0.25) is 0 Å². The number of hydrogen-bond acceptors (Lipinski definition) is 3. The van der Waals surface area contributed by atoms with E-state index >= 15 is 0 Å². The Morgan fingerprint density at radius 2 is 2.35 bits per heavy atom. The molecule has 17 heavy (non-hydrogen) atoms. The van der Waals surface area contributed by atoms with Crippen LogP contribution in [0.5, 0.6) is 0 Å². The van der Waals surface area contributed by atoms with E-state index in [-0.39, 0.29) is 12.0 Å². The molecule has 0 spiro atoms. The number of rotatable bonds is 7. The molecule has 3 heteroatoms. The minimum absolute atomic E-state index is 0.0632. The smallest absolute Gasteiger partial charge is 0.139 e. The highest BCUT2D eigenvalue weighted by molar-refractivity contribution is 5.83. The normalized spacial score (nSPS) is 26.8. The van der Waals surface area contributed by atoms with E-state index < -0.39 is 0 Å². The Hall–Kier alpha value is -0.930. The number of nitrogens with one attached hydrogen (secondary N) is 2. The van der Waals surface area contributed by atoms with E-state index in [9.17, 15) is 4.79 Å². The maximum absolute atomic E-state index is 11.9. The third-order valence-corrected chi connectivity index (χ3v) is 3.64. The van der Waals surface area contributed by atoms with Crippen LogP contribution < -0.4 is 10.9 Å². The summed E-state index contributed by atoms with van der Waals surface area (Å²) in [7, 11) is 1.86. The minimum atomic E-state index is 0.0632. The van der Waals surface area contributed by atoms with E-state index in [4.69, 9.17) is 0 Å². The first kappa shape index (κ1) is 14.1. The zero-order chi connectivity index (χ0) is 12.8. The molecule has 1 aliphatic carbocycles. The maximum atomic E-state index is 11.9. The van der Waals surface area contributed by atoms with Crippen molar-refractivity contribution in [2.24, 2.45) is 17.8 Å². The van der Waals surface area contributed by atoms with Crippen LogP contribution in [0.15, 0.2) is 24.8 Å². The van der Waals surface area contributed by atoms with Gasteiger partial charge in [-0.25, -0.2) is 0 Å². The lowest BCUT2D eigenvalue weighted by Crippen LogP contribution is -2.48. The van der Waals surface area contributed by atoms with Gasteiger partial charge in [0, 0.05) is 18.4 Å². The van der Waals surface area contributed by atoms with E-state index in [1.807, 2.05) is 20.0 Å². The van der Waals surface area contributed by atoms with Gasteiger partial charge >= 0.3 is 0 Å². The molecule has 0 aromatic heterocycles. The molecule has 0 bridgehead atoms. The second kappa shape index (κ2) is 6.72. The molecule has 3 unspecified atom stereocenters. The van der Waals surface area contributed by atoms with Crippen LogP contribution in [0, 0.1) is 17.8 Å². The summed E-state index contributed by atoms with van der Waals surface area (Å²) in [6.07, 6.45) is 7.72. The maximum Gasteiger partial charge on any atom is 0.139 e. The zero-order valence-electron chi connectivity index (χ0n) is 11.1. The molecule has 2 N–H and O–H groups in total. The topological polar surface area (TPSA) is 41.1 Å². The van der Waals surface area contributed by atoms with Crippen molar-refractivity contribution in [2.45, 2.75) is 32.7 Å². The van der Waals surface area contributed by atoms with Gasteiger partial charge in [-0.05, 0) is 25.3 Å². The van der Waals surface area contributed by atoms with Gasteiger partial charge in [0.05, 0.1) is 0 Å². The van der Waals surface area contributed by atoms with Crippen molar-refractivity contribution in [3.8, 4) is 0 Å². The summed E-state index contributed by atoms with van der Waals surface area (Å²) in [5, 5.41) is 0. The van der Waals surface area contributed by atoms with Crippen LogP contribution >= 0.6 is 0 Å². The summed E-state index contributed by atoms with van der Waals surface area (Å²) < 4.78 is 0. The third-order valence-electron chi connectivity index (χ3n) is 3.64. The molecule has 0 amide bonds. The molecular weight excluding hydrogens is 212 g/mol. The molecule has 4 atom stereocenters. The Labute approximate surface area is 104 Å². The van der Waals surface area contributed by atoms with Gasteiger partial charge in [-0.1, -0.05) is 32.1 Å². The number of hydrazine groups is 1. The summed E-state index contributed by atoms with van der Waals surface area (Å²) in [5.74, 6) is 1.07. The average molecular weight is 236 g/mol. The molecule has 0 fully saturated rings. The molecule has 0 aromatic carbocycles. The summed E-state index contributed by atoms with van der Waals surface area (Å²) in [5.41, 5.74) is 6.27. The Morgan fingerprint density at radius 3 is 2.88 bits per heavy atom. The summed E-state index contributed by atoms with van der Waals surface area (Å²) >= 11 is 0. The van der Waals surface area contributed by atoms with Crippen LogP contribution in [-0.2, 0) is 4.79 Å². The van der Waals surface area contributed by atoms with Crippen molar-refractivity contribution >= 4 is 5.78 Å². The summed E-state index contributed by atoms with van der Waals surface area (Å²) in [6, 6.07) is 0.244. The van der Waals surface area contributed by atoms with Gasteiger partial charge in [-0.15, -0.1) is 6.58 Å². The molecular formula is C14H24N2O. The van der Waals surface area contributed by atoms with Crippen molar-refractivity contribution in [1.29, 1.82) is 0 Å². The highest BCUT2D eigenvalue weighted by Gasteiger charge is 2.35. The number of hydrogen-bond donors (Lipinski definition) is 2. The van der Waals surface area contributed by atoms with Crippen molar-refractivity contribution in [2.75, 3.05) is 7.05 Å². The Kier molecular flexibility index (Phi) is 5.59. The van der Waals surface area contributed by atoms with Crippen LogP contribution in [0.3, 0.4) is 0 Å². The van der Waals surface area contributed by atoms with Gasteiger partial charge in [-0.2, -0.15) is 0 Å². The van der Waals surface area contributed by atoms with Crippen molar-refractivity contribution in [1.82, 2.24) is 10.9 Å². The minimum Gasteiger partial charge on any atom is -0.299 e. The molecule has 0 radical (unpaired) electrons. The summed E-state index contributed by atoms with van der Waals surface area (Å²) in [4.78, 5) is 11.9. The zero-order valence-corrected chi connectivity index (χ0v) is 11.1. The van der Waals surface area contributed by atoms with E-state index in [0.29, 0.717) is 24.0 Å². The lowest BCUT2D eigenvalue weighted by Gasteiger charge is -2.31.